The van der Waals surface area contributed by atoms with E-state index in [1.807, 2.05) is 0 Å². The first-order chi connectivity index (χ1) is 10.1. The fourth-order valence-corrected chi connectivity index (χ4v) is 2.52. The van der Waals surface area contributed by atoms with Crippen molar-refractivity contribution in [1.29, 1.82) is 0 Å². The lowest BCUT2D eigenvalue weighted by Crippen LogP contribution is -2.22. The van der Waals surface area contributed by atoms with Gasteiger partial charge in [-0.2, -0.15) is 0 Å². The third kappa shape index (κ3) is 4.25. The number of ether oxygens (including phenoxy) is 3. The Labute approximate surface area is 129 Å². The summed E-state index contributed by atoms with van der Waals surface area (Å²) in [6.07, 6.45) is 1.89. The van der Waals surface area contributed by atoms with Crippen molar-refractivity contribution in [1.82, 2.24) is 0 Å². The molecule has 1 heterocycles. The average Bonchev–Trinajstić information content (AvgIpc) is 2.47. The van der Waals surface area contributed by atoms with Gasteiger partial charge in [-0.1, -0.05) is 11.6 Å². The number of hydrogen-bond acceptors (Lipinski definition) is 5. The zero-order chi connectivity index (χ0) is 15.2. The second-order valence-electron chi connectivity index (χ2n) is 4.97. The molecule has 2 rings (SSSR count). The van der Waals surface area contributed by atoms with E-state index in [-0.39, 0.29) is 12.2 Å². The second kappa shape index (κ2) is 7.52. The number of anilines is 1. The first-order valence-corrected chi connectivity index (χ1v) is 7.46. The number of halogens is 1. The van der Waals surface area contributed by atoms with E-state index in [4.69, 9.17) is 31.5 Å². The van der Waals surface area contributed by atoms with Crippen LogP contribution >= 0.6 is 11.6 Å². The van der Waals surface area contributed by atoms with Gasteiger partial charge in [0.05, 0.1) is 18.2 Å². The van der Waals surface area contributed by atoms with Crippen LogP contribution in [0.3, 0.4) is 0 Å². The van der Waals surface area contributed by atoms with E-state index in [2.05, 4.69) is 0 Å². The van der Waals surface area contributed by atoms with Crippen molar-refractivity contribution in [2.24, 2.45) is 5.92 Å². The lowest BCUT2D eigenvalue weighted by Gasteiger charge is -2.23. The van der Waals surface area contributed by atoms with Gasteiger partial charge in [0, 0.05) is 18.9 Å². The number of rotatable bonds is 5. The van der Waals surface area contributed by atoms with Crippen LogP contribution in [0.1, 0.15) is 30.1 Å². The zero-order valence-corrected chi connectivity index (χ0v) is 12.8. The fraction of sp³-hybridized carbons (Fsp3) is 0.533. The van der Waals surface area contributed by atoms with Crippen LogP contribution in [0.25, 0.3) is 0 Å². The molecule has 2 N–H and O–H groups in total. The standard InChI is InChI=1S/C15H20ClNO4/c1-2-20-15(18)12-7-11(17)8-13(16)14(12)21-9-10-3-5-19-6-4-10/h7-8,10H,2-6,9,17H2,1H3. The molecule has 1 aromatic carbocycles. The molecule has 1 saturated heterocycles. The maximum atomic E-state index is 12.0. The van der Waals surface area contributed by atoms with Gasteiger partial charge in [-0.25, -0.2) is 4.79 Å². The second-order valence-corrected chi connectivity index (χ2v) is 5.37. The van der Waals surface area contributed by atoms with Gasteiger partial charge in [-0.15, -0.1) is 0 Å². The van der Waals surface area contributed by atoms with Crippen molar-refractivity contribution in [3.8, 4) is 5.75 Å². The molecular formula is C15H20ClNO4. The molecule has 0 aliphatic carbocycles. The van der Waals surface area contributed by atoms with E-state index in [1.165, 1.54) is 6.07 Å². The van der Waals surface area contributed by atoms with Crippen molar-refractivity contribution in [3.05, 3.63) is 22.7 Å². The summed E-state index contributed by atoms with van der Waals surface area (Å²) in [7, 11) is 0. The van der Waals surface area contributed by atoms with E-state index in [9.17, 15) is 4.79 Å². The smallest absolute Gasteiger partial charge is 0.342 e. The summed E-state index contributed by atoms with van der Waals surface area (Å²) in [5.41, 5.74) is 6.41. The number of esters is 1. The number of benzene rings is 1. The summed E-state index contributed by atoms with van der Waals surface area (Å²) >= 11 is 6.16. The number of carbonyl (C=O) groups is 1. The van der Waals surface area contributed by atoms with E-state index in [0.717, 1.165) is 26.1 Å². The van der Waals surface area contributed by atoms with Crippen LogP contribution in [-0.4, -0.2) is 32.4 Å². The van der Waals surface area contributed by atoms with Gasteiger partial charge in [0.1, 0.15) is 5.56 Å². The molecule has 5 nitrogen and oxygen atoms in total. The van der Waals surface area contributed by atoms with Crippen molar-refractivity contribution in [2.75, 3.05) is 32.2 Å². The van der Waals surface area contributed by atoms with Gasteiger partial charge < -0.3 is 19.9 Å². The average molecular weight is 314 g/mol. The van der Waals surface area contributed by atoms with Gasteiger partial charge in [-0.3, -0.25) is 0 Å². The summed E-state index contributed by atoms with van der Waals surface area (Å²) in [4.78, 5) is 12.0. The van der Waals surface area contributed by atoms with E-state index in [0.29, 0.717) is 29.0 Å². The van der Waals surface area contributed by atoms with Crippen LogP contribution < -0.4 is 10.5 Å². The molecule has 1 aliphatic heterocycles. The van der Waals surface area contributed by atoms with Crippen LogP contribution in [0.4, 0.5) is 5.69 Å². The van der Waals surface area contributed by atoms with Crippen LogP contribution in [-0.2, 0) is 9.47 Å². The minimum absolute atomic E-state index is 0.272. The van der Waals surface area contributed by atoms with Crippen LogP contribution in [0, 0.1) is 5.92 Å². The molecule has 6 heteroatoms. The van der Waals surface area contributed by atoms with Crippen LogP contribution in [0.15, 0.2) is 12.1 Å². The Balaban J connectivity index is 2.14. The predicted molar refractivity (Wildman–Crippen MR) is 80.9 cm³/mol. The first kappa shape index (κ1) is 15.9. The van der Waals surface area contributed by atoms with Crippen LogP contribution in [0.5, 0.6) is 5.75 Å². The van der Waals surface area contributed by atoms with E-state index >= 15 is 0 Å². The molecule has 1 fully saturated rings. The summed E-state index contributed by atoms with van der Waals surface area (Å²) in [6, 6.07) is 3.10. The molecule has 0 amide bonds. The van der Waals surface area contributed by atoms with E-state index in [1.54, 1.807) is 13.0 Å². The predicted octanol–water partition coefficient (Wildman–Crippen LogP) is 2.90. The highest BCUT2D eigenvalue weighted by atomic mass is 35.5. The quantitative estimate of drug-likeness (QED) is 0.668. The third-order valence-electron chi connectivity index (χ3n) is 3.37. The van der Waals surface area contributed by atoms with Gasteiger partial charge >= 0.3 is 5.97 Å². The first-order valence-electron chi connectivity index (χ1n) is 7.08. The highest BCUT2D eigenvalue weighted by molar-refractivity contribution is 6.33. The number of carbonyl (C=O) groups excluding carboxylic acids is 1. The molecule has 21 heavy (non-hydrogen) atoms. The summed E-state index contributed by atoms with van der Waals surface area (Å²) < 4.78 is 16.1. The van der Waals surface area contributed by atoms with Crippen molar-refractivity contribution in [3.63, 3.8) is 0 Å². The zero-order valence-electron chi connectivity index (χ0n) is 12.1. The van der Waals surface area contributed by atoms with Crippen molar-refractivity contribution in [2.45, 2.75) is 19.8 Å². The summed E-state index contributed by atoms with van der Waals surface area (Å²) in [5, 5.41) is 0.324. The molecule has 116 valence electrons. The SMILES string of the molecule is CCOC(=O)c1cc(N)cc(Cl)c1OCC1CCOCC1. The highest BCUT2D eigenvalue weighted by Gasteiger charge is 2.21. The Kier molecular flexibility index (Phi) is 5.70. The molecule has 0 atom stereocenters. The molecule has 0 spiro atoms. The summed E-state index contributed by atoms with van der Waals surface area (Å²) in [5.74, 6) is 0.270. The normalized spacial score (nSPS) is 15.7. The van der Waals surface area contributed by atoms with Gasteiger partial charge in [0.2, 0.25) is 0 Å². The maximum Gasteiger partial charge on any atom is 0.342 e. The fourth-order valence-electron chi connectivity index (χ4n) is 2.24. The van der Waals surface area contributed by atoms with Gasteiger partial charge in [0.25, 0.3) is 0 Å². The van der Waals surface area contributed by atoms with Crippen molar-refractivity contribution >= 4 is 23.3 Å². The third-order valence-corrected chi connectivity index (χ3v) is 3.65. The largest absolute Gasteiger partial charge is 0.491 e. The molecule has 0 radical (unpaired) electrons. The summed E-state index contributed by atoms with van der Waals surface area (Å²) in [6.45, 7) is 4.01. The van der Waals surface area contributed by atoms with Gasteiger partial charge in [0.15, 0.2) is 5.75 Å². The Morgan fingerprint density at radius 1 is 1.43 bits per heavy atom. The Morgan fingerprint density at radius 2 is 2.14 bits per heavy atom. The Bertz CT molecular complexity index is 501. The Hall–Kier alpha value is -1.46. The molecule has 0 aromatic heterocycles. The Morgan fingerprint density at radius 3 is 2.81 bits per heavy atom. The number of nitrogen functional groups attached to an aromatic ring is 1. The maximum absolute atomic E-state index is 12.0. The van der Waals surface area contributed by atoms with Gasteiger partial charge in [-0.05, 0) is 37.8 Å². The minimum Gasteiger partial charge on any atom is -0.491 e. The molecule has 1 aliphatic rings. The molecular weight excluding hydrogens is 294 g/mol. The highest BCUT2D eigenvalue weighted by Crippen LogP contribution is 2.33. The lowest BCUT2D eigenvalue weighted by molar-refractivity contribution is 0.0468. The number of nitrogens with two attached hydrogens (primary N) is 1. The van der Waals surface area contributed by atoms with Crippen molar-refractivity contribution < 1.29 is 19.0 Å². The monoisotopic (exact) mass is 313 g/mol. The minimum atomic E-state index is -0.478. The molecule has 0 unspecified atom stereocenters. The molecule has 0 saturated carbocycles. The lowest BCUT2D eigenvalue weighted by atomic mass is 10.0. The van der Waals surface area contributed by atoms with Crippen LogP contribution in [0.2, 0.25) is 5.02 Å². The topological polar surface area (TPSA) is 70.8 Å². The van der Waals surface area contributed by atoms with E-state index < -0.39 is 5.97 Å². The number of hydrogen-bond donors (Lipinski definition) is 1. The molecule has 0 bridgehead atoms. The molecule has 1 aromatic rings.